The van der Waals surface area contributed by atoms with Crippen LogP contribution in [0.2, 0.25) is 0 Å². The molecule has 8 atom stereocenters. The van der Waals surface area contributed by atoms with E-state index in [-0.39, 0.29) is 17.6 Å². The number of benzene rings is 1. The number of amides is 1. The van der Waals surface area contributed by atoms with E-state index in [1.54, 1.807) is 59.1 Å². The number of aliphatic hydroxyl groups is 2. The van der Waals surface area contributed by atoms with Gasteiger partial charge in [0, 0.05) is 11.5 Å². The van der Waals surface area contributed by atoms with Crippen molar-refractivity contribution in [1.82, 2.24) is 29.2 Å². The predicted octanol–water partition coefficient (Wildman–Crippen LogP) is 4.36. The van der Waals surface area contributed by atoms with Crippen LogP contribution in [0.1, 0.15) is 54.2 Å². The molecule has 5 aromatic rings. The number of hydrogen-bond acceptors (Lipinski definition) is 10. The lowest BCUT2D eigenvalue weighted by atomic mass is 9.85. The van der Waals surface area contributed by atoms with Gasteiger partial charge in [-0.15, -0.1) is 13.2 Å². The third-order valence-corrected chi connectivity index (χ3v) is 9.66. The molecule has 2 saturated heterocycles. The second-order valence-corrected chi connectivity index (χ2v) is 12.2. The molecule has 0 saturated carbocycles. The first-order valence-electron chi connectivity index (χ1n) is 16.0. The summed E-state index contributed by atoms with van der Waals surface area (Å²) < 4.78 is 44.3. The molecule has 0 unspecified atom stereocenters. The van der Waals surface area contributed by atoms with E-state index in [0.717, 1.165) is 0 Å². The number of carbonyl (C=O) groups excluding carboxylic acids is 1. The van der Waals surface area contributed by atoms with Crippen LogP contribution in [0, 0.1) is 5.92 Å². The summed E-state index contributed by atoms with van der Waals surface area (Å²) in [7, 11) is 0. The molecular weight excluding hydrogens is 650 g/mol. The highest BCUT2D eigenvalue weighted by atomic mass is 19.1. The molecule has 13 nitrogen and oxygen atoms in total. The van der Waals surface area contributed by atoms with E-state index in [1.807, 2.05) is 19.9 Å². The fourth-order valence-electron chi connectivity index (χ4n) is 6.56. The second-order valence-electron chi connectivity index (χ2n) is 12.2. The highest BCUT2D eigenvalue weighted by Crippen LogP contribution is 2.48. The van der Waals surface area contributed by atoms with Gasteiger partial charge in [0.05, 0.1) is 23.6 Å². The van der Waals surface area contributed by atoms with Gasteiger partial charge in [-0.1, -0.05) is 44.2 Å². The third-order valence-electron chi connectivity index (χ3n) is 9.66. The normalized spacial score (nSPS) is 29.1. The fourth-order valence-corrected chi connectivity index (χ4v) is 6.56. The Kier molecular flexibility index (Phi) is 9.50. The minimum Gasteiger partial charge on any atom is -0.393 e. The number of rotatable bonds is 8. The van der Waals surface area contributed by atoms with Crippen molar-refractivity contribution < 1.29 is 33.3 Å². The fraction of sp³-hybridized carbons (Fsp3) is 0.343. The summed E-state index contributed by atoms with van der Waals surface area (Å²) in [6, 6.07) is 15.6. The molecule has 0 radical (unpaired) electrons. The predicted molar refractivity (Wildman–Crippen MR) is 181 cm³/mol. The lowest BCUT2D eigenvalue weighted by Crippen LogP contribution is -2.43. The molecule has 4 aromatic heterocycles. The second kappa shape index (κ2) is 13.7. The van der Waals surface area contributed by atoms with Gasteiger partial charge in [-0.05, 0) is 42.8 Å². The first-order chi connectivity index (χ1) is 24.0. The van der Waals surface area contributed by atoms with Gasteiger partial charge in [-0.3, -0.25) is 4.79 Å². The topological polar surface area (TPSA) is 174 Å². The van der Waals surface area contributed by atoms with Crippen LogP contribution < -0.4 is 11.1 Å². The summed E-state index contributed by atoms with van der Waals surface area (Å²) in [6.07, 6.45) is -0.210. The summed E-state index contributed by atoms with van der Waals surface area (Å²) >= 11 is 0. The van der Waals surface area contributed by atoms with Crippen LogP contribution in [0.25, 0.3) is 11.0 Å². The van der Waals surface area contributed by atoms with Crippen LogP contribution >= 0.6 is 0 Å². The van der Waals surface area contributed by atoms with Crippen molar-refractivity contribution in [2.45, 2.75) is 62.1 Å². The zero-order valence-corrected chi connectivity index (χ0v) is 27.4. The summed E-state index contributed by atoms with van der Waals surface area (Å²) in [5.74, 6) is -0.00580. The molecule has 0 bridgehead atoms. The zero-order valence-electron chi connectivity index (χ0n) is 27.4. The highest BCUT2D eigenvalue weighted by molar-refractivity contribution is 6.05. The van der Waals surface area contributed by atoms with Crippen LogP contribution in [-0.2, 0) is 9.47 Å². The van der Waals surface area contributed by atoms with Crippen molar-refractivity contribution in [3.05, 3.63) is 110 Å². The molecule has 5 N–H and O–H groups in total. The SMILES string of the molecule is C=C[C@]1(CC)O[C@@H](c2ccc3c(NC(=O)c4ccccc4)ncnn23)[C@H](F)[C@@H]1C.C=C[C@]1(CO)O[C@@H](c2ccc3c(N)ncnn23)[C@H](F)[C@@H]1O. The first-order valence-corrected chi connectivity index (χ1v) is 16.0. The minimum atomic E-state index is -1.73. The quantitative estimate of drug-likeness (QED) is 0.172. The van der Waals surface area contributed by atoms with Crippen LogP contribution in [0.15, 0.2) is 92.6 Å². The summed E-state index contributed by atoms with van der Waals surface area (Å²) in [5.41, 5.74) is 6.03. The number of carbonyl (C=O) groups is 1. The van der Waals surface area contributed by atoms with E-state index < -0.39 is 48.5 Å². The zero-order chi connectivity index (χ0) is 35.8. The molecule has 0 spiro atoms. The average molecular weight is 689 g/mol. The number of nitrogens with two attached hydrogens (primary N) is 1. The molecule has 262 valence electrons. The number of aliphatic hydroxyl groups excluding tert-OH is 2. The standard InChI is InChI=1S/C22H23FN4O2.C13H15FN4O3/c1-4-22(5-2)14(3)18(23)19(29-22)16-11-12-17-20(24-13-25-27(16)17)26-21(28)15-9-7-6-8-10-15;1-2-13(5-19)11(20)9(14)10(21-13)7-3-4-8-12(15)16-6-17-18(7)8/h4,6-14,18-19H,1,5H2,2-3H3,(H,24,25,26,28);2-4,6,9-11,19-20H,1,5H2,(H2,15,16,17)/t14-,18+,19-,22+;9-,10-,11-,13+/m00/s1. The van der Waals surface area contributed by atoms with E-state index in [0.29, 0.717) is 40.2 Å². The van der Waals surface area contributed by atoms with Gasteiger partial charge >= 0.3 is 0 Å². The molecule has 0 aliphatic carbocycles. The number of nitrogen functional groups attached to an aromatic ring is 1. The Morgan fingerprint density at radius 3 is 2.10 bits per heavy atom. The number of fused-ring (bicyclic) bond motifs is 2. The van der Waals surface area contributed by atoms with E-state index >= 15 is 4.39 Å². The summed E-state index contributed by atoms with van der Waals surface area (Å²) in [4.78, 5) is 20.5. The molecule has 6 heterocycles. The van der Waals surface area contributed by atoms with Crippen molar-refractivity contribution >= 4 is 28.6 Å². The average Bonchev–Trinajstić information content (AvgIpc) is 3.89. The Balaban J connectivity index is 0.000000182. The van der Waals surface area contributed by atoms with Gasteiger partial charge < -0.3 is 30.7 Å². The Bertz CT molecular complexity index is 2020. The van der Waals surface area contributed by atoms with E-state index in [9.17, 15) is 19.4 Å². The monoisotopic (exact) mass is 688 g/mol. The number of hydrogen-bond donors (Lipinski definition) is 4. The van der Waals surface area contributed by atoms with Gasteiger partial charge in [0.25, 0.3) is 5.91 Å². The van der Waals surface area contributed by atoms with Crippen molar-refractivity contribution in [1.29, 1.82) is 0 Å². The number of nitrogens with one attached hydrogen (secondary N) is 1. The van der Waals surface area contributed by atoms with Crippen molar-refractivity contribution in [3.8, 4) is 0 Å². The molecular formula is C35H38F2N8O5. The minimum absolute atomic E-state index is 0.252. The van der Waals surface area contributed by atoms with Crippen LogP contribution in [0.5, 0.6) is 0 Å². The lowest BCUT2D eigenvalue weighted by molar-refractivity contribution is -0.0798. The maximum absolute atomic E-state index is 15.2. The van der Waals surface area contributed by atoms with Crippen molar-refractivity contribution in [2.75, 3.05) is 17.7 Å². The van der Waals surface area contributed by atoms with Crippen molar-refractivity contribution in [2.24, 2.45) is 5.92 Å². The molecule has 50 heavy (non-hydrogen) atoms. The Labute approximate surface area is 286 Å². The van der Waals surface area contributed by atoms with E-state index in [1.165, 1.54) is 23.2 Å². The largest absolute Gasteiger partial charge is 0.393 e. The van der Waals surface area contributed by atoms with Gasteiger partial charge in [-0.25, -0.2) is 27.8 Å². The molecule has 2 fully saturated rings. The molecule has 2 aliphatic rings. The van der Waals surface area contributed by atoms with Gasteiger partial charge in [-0.2, -0.15) is 10.2 Å². The smallest absolute Gasteiger partial charge is 0.256 e. The molecule has 2 aliphatic heterocycles. The Hall–Kier alpha value is -5.09. The third kappa shape index (κ3) is 5.71. The number of nitrogens with zero attached hydrogens (tertiary/aromatic N) is 6. The maximum Gasteiger partial charge on any atom is 0.256 e. The van der Waals surface area contributed by atoms with E-state index in [4.69, 9.17) is 15.2 Å². The first kappa shape index (κ1) is 34.8. The number of alkyl halides is 2. The van der Waals surface area contributed by atoms with Gasteiger partial charge in [0.2, 0.25) is 0 Å². The van der Waals surface area contributed by atoms with Gasteiger partial charge in [0.1, 0.15) is 53.8 Å². The van der Waals surface area contributed by atoms with Crippen LogP contribution in [-0.4, -0.2) is 81.6 Å². The lowest BCUT2D eigenvalue weighted by Gasteiger charge is -2.27. The number of aromatic nitrogens is 6. The highest BCUT2D eigenvalue weighted by Gasteiger charge is 2.55. The molecule has 1 amide bonds. The molecule has 15 heteroatoms. The van der Waals surface area contributed by atoms with Crippen LogP contribution in [0.3, 0.4) is 0 Å². The summed E-state index contributed by atoms with van der Waals surface area (Å²) in [6.45, 7) is 10.6. The number of ether oxygens (including phenoxy) is 2. The Morgan fingerprint density at radius 2 is 1.52 bits per heavy atom. The molecule has 1 aromatic carbocycles. The van der Waals surface area contributed by atoms with Gasteiger partial charge in [0.15, 0.2) is 17.8 Å². The van der Waals surface area contributed by atoms with Crippen LogP contribution in [0.4, 0.5) is 20.4 Å². The number of anilines is 2. The summed E-state index contributed by atoms with van der Waals surface area (Å²) in [5, 5.41) is 30.5. The van der Waals surface area contributed by atoms with Crippen molar-refractivity contribution in [3.63, 3.8) is 0 Å². The van der Waals surface area contributed by atoms with E-state index in [2.05, 4.69) is 38.6 Å². The Morgan fingerprint density at radius 1 is 0.940 bits per heavy atom. The molecule has 7 rings (SSSR count). The maximum atomic E-state index is 15.2. The number of halogens is 2.